The molecule has 0 heterocycles. The van der Waals surface area contributed by atoms with Crippen LogP contribution in [0.4, 0.5) is 14.5 Å². The lowest BCUT2D eigenvalue weighted by atomic mass is 9.97. The summed E-state index contributed by atoms with van der Waals surface area (Å²) in [6.45, 7) is 5.54. The second kappa shape index (κ2) is 10.4. The van der Waals surface area contributed by atoms with E-state index < -0.39 is 17.2 Å². The Hall–Kier alpha value is -2.57. The van der Waals surface area contributed by atoms with Gasteiger partial charge >= 0.3 is 0 Å². The summed E-state index contributed by atoms with van der Waals surface area (Å²) in [4.78, 5) is 13.6. The van der Waals surface area contributed by atoms with Crippen LogP contribution in [0.5, 0.6) is 5.75 Å². The number of thiol groups is 1. The third-order valence-electron chi connectivity index (χ3n) is 4.80. The standard InChI is InChI=1S/C25H24ClF2NO2S/c1-4-32-19-9-5-16(6-10-19)13-24(30)29-18-8-12-23(22(28)15-18)31-25(2,3)20-11-7-17(27)14-21(20)26/h5-12,14-15H,4,13H2,1-3H3,(H,29,30)/p+1. The molecule has 0 spiro atoms. The second-order valence-corrected chi connectivity index (χ2v) is 9.62. The number of hydrogen-bond donors (Lipinski definition) is 1. The van der Waals surface area contributed by atoms with E-state index in [2.05, 4.69) is 12.2 Å². The lowest BCUT2D eigenvalue weighted by molar-refractivity contribution is -0.115. The molecule has 0 atom stereocenters. The molecule has 0 radical (unpaired) electrons. The Morgan fingerprint density at radius 1 is 1.06 bits per heavy atom. The number of halogens is 3. The lowest BCUT2D eigenvalue weighted by Gasteiger charge is -2.28. The van der Waals surface area contributed by atoms with Gasteiger partial charge < -0.3 is 10.1 Å². The quantitative estimate of drug-likeness (QED) is 0.306. The fourth-order valence-corrected chi connectivity index (χ4v) is 4.38. The number of carbonyl (C=O) groups excluding carboxylic acids is 1. The summed E-state index contributed by atoms with van der Waals surface area (Å²) in [6, 6.07) is 16.1. The summed E-state index contributed by atoms with van der Waals surface area (Å²) in [7, 11) is 0. The number of rotatable bonds is 8. The normalized spacial score (nSPS) is 11.3. The predicted octanol–water partition coefficient (Wildman–Crippen LogP) is 6.31. The Kier molecular flexibility index (Phi) is 7.80. The van der Waals surface area contributed by atoms with Gasteiger partial charge in [-0.05, 0) is 62.7 Å². The zero-order chi connectivity index (χ0) is 23.3. The summed E-state index contributed by atoms with van der Waals surface area (Å²) >= 11 is 7.38. The van der Waals surface area contributed by atoms with Crippen molar-refractivity contribution >= 4 is 35.0 Å². The Labute approximate surface area is 196 Å². The maximum Gasteiger partial charge on any atom is 0.228 e. The number of nitrogens with one attached hydrogen (secondary N) is 1. The average Bonchev–Trinajstić information content (AvgIpc) is 2.71. The average molecular weight is 477 g/mol. The van der Waals surface area contributed by atoms with E-state index in [9.17, 15) is 13.6 Å². The monoisotopic (exact) mass is 476 g/mol. The molecule has 3 rings (SSSR count). The van der Waals surface area contributed by atoms with E-state index >= 15 is 0 Å². The van der Waals surface area contributed by atoms with Crippen LogP contribution in [0.2, 0.25) is 5.02 Å². The maximum atomic E-state index is 14.7. The second-order valence-electron chi connectivity index (χ2n) is 7.75. The molecule has 0 aliphatic heterocycles. The van der Waals surface area contributed by atoms with Gasteiger partial charge in [0.2, 0.25) is 5.91 Å². The van der Waals surface area contributed by atoms with Crippen LogP contribution in [0.1, 0.15) is 31.9 Å². The van der Waals surface area contributed by atoms with Crippen LogP contribution in [-0.2, 0) is 28.6 Å². The highest BCUT2D eigenvalue weighted by Gasteiger charge is 2.27. The third-order valence-corrected chi connectivity index (χ3v) is 6.09. The van der Waals surface area contributed by atoms with Crippen LogP contribution < -0.4 is 10.1 Å². The molecular formula is C25H25ClF2NO2S+. The molecule has 1 N–H and O–H groups in total. The van der Waals surface area contributed by atoms with Crippen molar-refractivity contribution in [1.82, 2.24) is 0 Å². The largest absolute Gasteiger partial charge is 0.480 e. The van der Waals surface area contributed by atoms with Gasteiger partial charge in [0.1, 0.15) is 17.2 Å². The number of ether oxygens (including phenoxy) is 1. The lowest BCUT2D eigenvalue weighted by Crippen LogP contribution is -2.26. The number of benzene rings is 3. The topological polar surface area (TPSA) is 38.3 Å². The molecule has 3 aromatic rings. The zero-order valence-electron chi connectivity index (χ0n) is 18.1. The van der Waals surface area contributed by atoms with Crippen LogP contribution in [0, 0.1) is 11.6 Å². The first-order valence-electron chi connectivity index (χ1n) is 10.2. The van der Waals surface area contributed by atoms with Crippen molar-refractivity contribution in [2.24, 2.45) is 0 Å². The van der Waals surface area contributed by atoms with Crippen molar-refractivity contribution in [3.8, 4) is 5.75 Å². The molecule has 3 aromatic carbocycles. The van der Waals surface area contributed by atoms with Gasteiger partial charge in [0.25, 0.3) is 0 Å². The highest BCUT2D eigenvalue weighted by molar-refractivity contribution is 7.78. The molecule has 0 aliphatic rings. The van der Waals surface area contributed by atoms with Crippen LogP contribution in [0.3, 0.4) is 0 Å². The van der Waals surface area contributed by atoms with Crippen LogP contribution in [-0.4, -0.2) is 11.7 Å². The fraction of sp³-hybridized carbons (Fsp3) is 0.240. The van der Waals surface area contributed by atoms with E-state index in [0.29, 0.717) is 11.3 Å². The van der Waals surface area contributed by atoms with Gasteiger partial charge in [-0.2, -0.15) is 0 Å². The fourth-order valence-electron chi connectivity index (χ4n) is 3.26. The molecule has 32 heavy (non-hydrogen) atoms. The molecule has 0 bridgehead atoms. The van der Waals surface area contributed by atoms with E-state index in [-0.39, 0.29) is 23.1 Å². The zero-order valence-corrected chi connectivity index (χ0v) is 19.7. The Balaban J connectivity index is 1.66. The van der Waals surface area contributed by atoms with Gasteiger partial charge in [0.05, 0.1) is 11.4 Å². The van der Waals surface area contributed by atoms with E-state index in [1.54, 1.807) is 19.9 Å². The molecule has 0 aliphatic carbocycles. The van der Waals surface area contributed by atoms with Crippen LogP contribution >= 0.6 is 11.6 Å². The van der Waals surface area contributed by atoms with Gasteiger partial charge in [0.15, 0.2) is 16.5 Å². The van der Waals surface area contributed by atoms with Crippen molar-refractivity contribution in [3.63, 3.8) is 0 Å². The van der Waals surface area contributed by atoms with Gasteiger partial charge in [0, 0.05) is 29.1 Å². The highest BCUT2D eigenvalue weighted by Crippen LogP contribution is 2.34. The Morgan fingerprint density at radius 2 is 1.78 bits per heavy atom. The smallest absolute Gasteiger partial charge is 0.228 e. The van der Waals surface area contributed by atoms with E-state index in [4.69, 9.17) is 16.3 Å². The van der Waals surface area contributed by atoms with Crippen molar-refractivity contribution < 1.29 is 18.3 Å². The van der Waals surface area contributed by atoms with E-state index in [0.717, 1.165) is 11.3 Å². The first kappa shape index (κ1) is 24.1. The van der Waals surface area contributed by atoms with Crippen LogP contribution in [0.25, 0.3) is 0 Å². The summed E-state index contributed by atoms with van der Waals surface area (Å²) in [6.07, 6.45) is 0.194. The van der Waals surface area contributed by atoms with Crippen molar-refractivity contribution in [2.75, 3.05) is 11.1 Å². The van der Waals surface area contributed by atoms with Crippen molar-refractivity contribution in [1.29, 1.82) is 0 Å². The molecule has 0 aromatic heterocycles. The molecule has 0 fully saturated rings. The maximum absolute atomic E-state index is 14.7. The molecule has 168 valence electrons. The number of hydrogen-bond acceptors (Lipinski definition) is 2. The minimum absolute atomic E-state index is 0.000861. The summed E-state index contributed by atoms with van der Waals surface area (Å²) < 4.78 is 33.9. The summed E-state index contributed by atoms with van der Waals surface area (Å²) in [5.74, 6) is -0.287. The van der Waals surface area contributed by atoms with E-state index in [1.807, 2.05) is 24.3 Å². The predicted molar refractivity (Wildman–Crippen MR) is 128 cm³/mol. The van der Waals surface area contributed by atoms with Gasteiger partial charge in [-0.1, -0.05) is 29.8 Å². The molecule has 0 saturated carbocycles. The van der Waals surface area contributed by atoms with Gasteiger partial charge in [-0.15, -0.1) is 0 Å². The number of carbonyl (C=O) groups is 1. The Bertz CT molecular complexity index is 1100. The minimum atomic E-state index is -1.00. The molecule has 0 saturated heterocycles. The highest BCUT2D eigenvalue weighted by atomic mass is 35.5. The van der Waals surface area contributed by atoms with E-state index in [1.165, 1.54) is 47.0 Å². The molecule has 3 nitrogen and oxygen atoms in total. The number of anilines is 1. The first-order chi connectivity index (χ1) is 15.2. The summed E-state index contributed by atoms with van der Waals surface area (Å²) in [5, 5.41) is 2.90. The SMILES string of the molecule is CC[SH+]c1ccc(CC(=O)Nc2ccc(OC(C)(C)c3ccc(F)cc3Cl)c(F)c2)cc1. The van der Waals surface area contributed by atoms with Gasteiger partial charge in [-0.3, -0.25) is 4.79 Å². The Morgan fingerprint density at radius 3 is 2.41 bits per heavy atom. The number of amides is 1. The first-order valence-corrected chi connectivity index (χ1v) is 11.6. The van der Waals surface area contributed by atoms with Gasteiger partial charge in [-0.25, -0.2) is 8.78 Å². The summed E-state index contributed by atoms with van der Waals surface area (Å²) in [5.41, 5.74) is 0.746. The van der Waals surface area contributed by atoms with Crippen molar-refractivity contribution in [2.45, 2.75) is 37.7 Å². The molecule has 7 heteroatoms. The molecule has 1 amide bonds. The molecule has 0 unspecified atom stereocenters. The third kappa shape index (κ3) is 6.24. The van der Waals surface area contributed by atoms with Crippen molar-refractivity contribution in [3.05, 3.63) is 88.4 Å². The minimum Gasteiger partial charge on any atom is -0.480 e. The molecular weight excluding hydrogens is 452 g/mol. The van der Waals surface area contributed by atoms with Crippen LogP contribution in [0.15, 0.2) is 65.6 Å².